The summed E-state index contributed by atoms with van der Waals surface area (Å²) in [4.78, 5) is 13.2. The summed E-state index contributed by atoms with van der Waals surface area (Å²) >= 11 is 0. The number of hydrogen-bond acceptors (Lipinski definition) is 3. The van der Waals surface area contributed by atoms with Gasteiger partial charge in [0.15, 0.2) is 0 Å². The molecule has 2 aliphatic heterocycles. The Morgan fingerprint density at radius 2 is 1.97 bits per heavy atom. The molecule has 3 heteroatoms. The fourth-order valence-electron chi connectivity index (χ4n) is 8.29. The van der Waals surface area contributed by atoms with Crippen molar-refractivity contribution in [3.63, 3.8) is 0 Å². The fraction of sp³-hybridized carbons (Fsp3) is 0.700. The van der Waals surface area contributed by atoms with Crippen molar-refractivity contribution in [3.8, 4) is 0 Å². The van der Waals surface area contributed by atoms with Crippen LogP contribution in [0, 0.1) is 34.5 Å². The number of carbonyl (C=O) groups excluding carboxylic acids is 1. The monoisotopic (exact) mass is 450 g/mol. The van der Waals surface area contributed by atoms with Crippen molar-refractivity contribution in [2.45, 2.75) is 96.7 Å². The van der Waals surface area contributed by atoms with Crippen LogP contribution in [0.25, 0.3) is 0 Å². The van der Waals surface area contributed by atoms with Crippen LogP contribution in [0.2, 0.25) is 0 Å². The van der Waals surface area contributed by atoms with Crippen molar-refractivity contribution >= 4 is 5.97 Å². The maximum absolute atomic E-state index is 13.2. The highest BCUT2D eigenvalue weighted by molar-refractivity contribution is 5.83. The van der Waals surface area contributed by atoms with Gasteiger partial charge in [-0.05, 0) is 98.9 Å². The van der Waals surface area contributed by atoms with E-state index < -0.39 is 5.60 Å². The average molecular weight is 451 g/mol. The molecule has 0 amide bonds. The van der Waals surface area contributed by atoms with Crippen molar-refractivity contribution < 1.29 is 14.3 Å². The number of hydrogen-bond donors (Lipinski definition) is 0. The molecule has 0 aromatic carbocycles. The first-order valence-corrected chi connectivity index (χ1v) is 13.2. The lowest BCUT2D eigenvalue weighted by molar-refractivity contribution is -0.158. The van der Waals surface area contributed by atoms with Crippen LogP contribution < -0.4 is 0 Å². The third kappa shape index (κ3) is 3.48. The average Bonchev–Trinajstić information content (AvgIpc) is 3.03. The van der Waals surface area contributed by atoms with E-state index in [-0.39, 0.29) is 28.8 Å². The predicted octanol–water partition coefficient (Wildman–Crippen LogP) is 7.30. The van der Waals surface area contributed by atoms with Crippen LogP contribution >= 0.6 is 0 Å². The van der Waals surface area contributed by atoms with Gasteiger partial charge in [0.25, 0.3) is 0 Å². The van der Waals surface area contributed by atoms with Gasteiger partial charge < -0.3 is 9.47 Å². The molecule has 3 aliphatic carbocycles. The van der Waals surface area contributed by atoms with Crippen LogP contribution in [0.15, 0.2) is 48.8 Å². The maximum atomic E-state index is 13.2. The van der Waals surface area contributed by atoms with Gasteiger partial charge in [0.1, 0.15) is 6.10 Å². The topological polar surface area (TPSA) is 35.5 Å². The summed E-state index contributed by atoms with van der Waals surface area (Å²) in [5.74, 6) is 1.45. The van der Waals surface area contributed by atoms with Crippen LogP contribution in [0.1, 0.15) is 85.0 Å². The number of rotatable bonds is 3. The highest BCUT2D eigenvalue weighted by atomic mass is 16.6. The Labute approximate surface area is 200 Å². The van der Waals surface area contributed by atoms with Crippen LogP contribution in [0.5, 0.6) is 0 Å². The number of allylic oxidation sites excluding steroid dienone is 4. The largest absolute Gasteiger partial charge is 0.483 e. The van der Waals surface area contributed by atoms with E-state index in [4.69, 9.17) is 9.47 Å². The Morgan fingerprint density at radius 3 is 2.64 bits per heavy atom. The van der Waals surface area contributed by atoms with E-state index in [1.54, 1.807) is 0 Å². The van der Waals surface area contributed by atoms with Gasteiger partial charge in [-0.1, -0.05) is 44.2 Å². The second-order valence-electron chi connectivity index (χ2n) is 12.5. The summed E-state index contributed by atoms with van der Waals surface area (Å²) in [6, 6.07) is 0. The number of esters is 1. The molecule has 5 rings (SSSR count). The van der Waals surface area contributed by atoms with Gasteiger partial charge in [-0.2, -0.15) is 0 Å². The summed E-state index contributed by atoms with van der Waals surface area (Å²) in [7, 11) is 0. The SMILES string of the molecule is C=C[C@@]1(C)CC[C@H](C2=CO[C@@]3(CC2)C(=O)O[C@@H]2C[C@@]4(C)CCCC(=C)[C@@H]4C[C@@H]23)C[C@@H]1C(=C)C. The zero-order chi connectivity index (χ0) is 23.6. The van der Waals surface area contributed by atoms with E-state index >= 15 is 0 Å². The van der Waals surface area contributed by atoms with Gasteiger partial charge in [0.2, 0.25) is 5.60 Å². The standard InChI is InChI=1S/C30H42O3/c1-7-28(5)13-10-21(15-23(28)19(2)3)22-11-14-30(32-18-22)25-16-24-20(4)9-8-12-29(24,6)17-26(25)33-27(30)31/h7,18,21,23-26H,1-2,4,8-17H2,3,5-6H3/t21-,23+,24-,25-,26+,28-,29+,30+/m0/s1. The van der Waals surface area contributed by atoms with Crippen LogP contribution in [-0.4, -0.2) is 17.7 Å². The Hall–Kier alpha value is -1.77. The summed E-state index contributed by atoms with van der Waals surface area (Å²) < 4.78 is 12.5. The normalized spacial score (nSPS) is 47.1. The molecule has 0 bridgehead atoms. The lowest BCUT2D eigenvalue weighted by atomic mass is 9.54. The Balaban J connectivity index is 1.35. The molecule has 0 N–H and O–H groups in total. The Kier molecular flexibility index (Phi) is 5.49. The predicted molar refractivity (Wildman–Crippen MR) is 132 cm³/mol. The molecule has 0 aromatic rings. The minimum absolute atomic E-state index is 0.00428. The second-order valence-corrected chi connectivity index (χ2v) is 12.5. The first-order valence-electron chi connectivity index (χ1n) is 13.2. The molecule has 1 saturated heterocycles. The third-order valence-electron chi connectivity index (χ3n) is 10.5. The van der Waals surface area contributed by atoms with Gasteiger partial charge in [0.05, 0.1) is 6.26 Å². The lowest BCUT2D eigenvalue weighted by Gasteiger charge is -2.51. The van der Waals surface area contributed by atoms with Crippen molar-refractivity contribution in [3.05, 3.63) is 48.8 Å². The zero-order valence-electron chi connectivity index (χ0n) is 21.0. The van der Waals surface area contributed by atoms with E-state index in [9.17, 15) is 4.79 Å². The highest BCUT2D eigenvalue weighted by Gasteiger charge is 2.64. The molecule has 0 aromatic heterocycles. The smallest absolute Gasteiger partial charge is 0.351 e. The lowest BCUT2D eigenvalue weighted by Crippen LogP contribution is -2.51. The summed E-state index contributed by atoms with van der Waals surface area (Å²) in [5, 5.41) is 0. The van der Waals surface area contributed by atoms with E-state index in [0.717, 1.165) is 51.4 Å². The molecule has 3 saturated carbocycles. The van der Waals surface area contributed by atoms with E-state index in [2.05, 4.69) is 46.6 Å². The molecule has 33 heavy (non-hydrogen) atoms. The zero-order valence-corrected chi connectivity index (χ0v) is 21.0. The third-order valence-corrected chi connectivity index (χ3v) is 10.5. The molecule has 0 radical (unpaired) electrons. The molecule has 1 spiro atoms. The van der Waals surface area contributed by atoms with Crippen LogP contribution in [-0.2, 0) is 14.3 Å². The minimum Gasteiger partial charge on any atom is -0.483 e. The second kappa shape index (κ2) is 7.89. The van der Waals surface area contributed by atoms with Gasteiger partial charge in [0, 0.05) is 12.3 Å². The van der Waals surface area contributed by atoms with Gasteiger partial charge in [-0.25, -0.2) is 4.79 Å². The van der Waals surface area contributed by atoms with E-state index in [1.165, 1.54) is 29.6 Å². The summed E-state index contributed by atoms with van der Waals surface area (Å²) in [5.41, 5.74) is 3.55. The van der Waals surface area contributed by atoms with Crippen molar-refractivity contribution in [2.24, 2.45) is 34.5 Å². The van der Waals surface area contributed by atoms with Gasteiger partial charge >= 0.3 is 5.97 Å². The van der Waals surface area contributed by atoms with Crippen molar-refractivity contribution in [1.29, 1.82) is 0 Å². The Bertz CT molecular complexity index is 914. The highest BCUT2D eigenvalue weighted by Crippen LogP contribution is 2.60. The quantitative estimate of drug-likeness (QED) is 0.334. The van der Waals surface area contributed by atoms with Crippen LogP contribution in [0.4, 0.5) is 0 Å². The van der Waals surface area contributed by atoms with Gasteiger partial charge in [-0.3, -0.25) is 0 Å². The van der Waals surface area contributed by atoms with Crippen molar-refractivity contribution in [1.82, 2.24) is 0 Å². The molecule has 0 unspecified atom stereocenters. The van der Waals surface area contributed by atoms with Crippen molar-refractivity contribution in [2.75, 3.05) is 0 Å². The number of ether oxygens (including phenoxy) is 2. The summed E-state index contributed by atoms with van der Waals surface area (Å²) in [6.45, 7) is 19.7. The molecule has 4 fully saturated rings. The molecular formula is C30H42O3. The first-order chi connectivity index (χ1) is 15.6. The molecule has 8 atom stereocenters. The molecule has 2 heterocycles. The maximum Gasteiger partial charge on any atom is 0.351 e. The van der Waals surface area contributed by atoms with E-state index in [1.807, 2.05) is 6.26 Å². The summed E-state index contributed by atoms with van der Waals surface area (Å²) in [6.07, 6.45) is 14.6. The molecule has 3 nitrogen and oxygen atoms in total. The minimum atomic E-state index is -0.786. The number of fused-ring (bicyclic) bond motifs is 3. The van der Waals surface area contributed by atoms with Crippen LogP contribution in [0.3, 0.4) is 0 Å². The molecule has 180 valence electrons. The fourth-order valence-corrected chi connectivity index (χ4v) is 8.29. The first kappa shape index (κ1) is 23.0. The molecule has 5 aliphatic rings. The van der Waals surface area contributed by atoms with E-state index in [0.29, 0.717) is 17.8 Å². The molecular weight excluding hydrogens is 408 g/mol. The van der Waals surface area contributed by atoms with Gasteiger partial charge in [-0.15, -0.1) is 6.58 Å². The Morgan fingerprint density at radius 1 is 1.18 bits per heavy atom. The number of carbonyl (C=O) groups is 1.